The van der Waals surface area contributed by atoms with E-state index in [1.54, 1.807) is 19.2 Å². The molecule has 0 aliphatic carbocycles. The molecule has 1 unspecified atom stereocenters. The second-order valence-corrected chi connectivity index (χ2v) is 7.40. The van der Waals surface area contributed by atoms with Gasteiger partial charge in [-0.25, -0.2) is 9.18 Å². The molecule has 9 heteroatoms. The Kier molecular flexibility index (Phi) is 7.27. The first-order valence-electron chi connectivity index (χ1n) is 9.97. The number of amides is 2. The zero-order valence-corrected chi connectivity index (χ0v) is 16.9. The van der Waals surface area contributed by atoms with Crippen LogP contribution in [0.5, 0.6) is 0 Å². The predicted molar refractivity (Wildman–Crippen MR) is 108 cm³/mol. The predicted octanol–water partition coefficient (Wildman–Crippen LogP) is 1.49. The van der Waals surface area contributed by atoms with Crippen LogP contribution in [0, 0.1) is 5.82 Å². The number of piperidine rings is 1. The number of nitrogens with one attached hydrogen (secondary N) is 2. The lowest BCUT2D eigenvalue weighted by atomic mass is 10.0. The summed E-state index contributed by atoms with van der Waals surface area (Å²) >= 11 is 0. The first kappa shape index (κ1) is 21.3. The minimum absolute atomic E-state index is 0.187. The molecule has 3 rings (SSSR count). The maximum atomic E-state index is 14.8. The van der Waals surface area contributed by atoms with E-state index in [1.165, 1.54) is 17.9 Å². The molecule has 0 saturated carbocycles. The smallest absolute Gasteiger partial charge is 0.414 e. The molecular weight excluding hydrogens is 379 g/mol. The number of hydrogen-bond acceptors (Lipinski definition) is 6. The number of hydrogen-bond donors (Lipinski definition) is 2. The number of carbonyl (C=O) groups excluding carboxylic acids is 2. The van der Waals surface area contributed by atoms with Gasteiger partial charge in [-0.3, -0.25) is 9.69 Å². The normalized spacial score (nSPS) is 20.1. The van der Waals surface area contributed by atoms with Gasteiger partial charge >= 0.3 is 6.09 Å². The van der Waals surface area contributed by atoms with E-state index in [1.807, 2.05) is 4.90 Å². The highest BCUT2D eigenvalue weighted by atomic mass is 19.1. The first-order chi connectivity index (χ1) is 14.0. The molecule has 2 N–H and O–H groups in total. The second kappa shape index (κ2) is 9.89. The monoisotopic (exact) mass is 408 g/mol. The number of anilines is 2. The van der Waals surface area contributed by atoms with Crippen molar-refractivity contribution in [1.82, 2.24) is 10.6 Å². The highest BCUT2D eigenvalue weighted by molar-refractivity contribution is 5.90. The van der Waals surface area contributed by atoms with Crippen LogP contribution in [0.25, 0.3) is 0 Å². The Hall–Kier alpha value is -2.39. The van der Waals surface area contributed by atoms with Crippen LogP contribution in [0.4, 0.5) is 20.6 Å². The molecule has 1 aromatic carbocycles. The lowest BCUT2D eigenvalue weighted by molar-refractivity contribution is -0.119. The molecule has 0 radical (unpaired) electrons. The number of halogens is 1. The molecule has 1 aromatic rings. The van der Waals surface area contributed by atoms with Gasteiger partial charge in [0.25, 0.3) is 0 Å². The molecule has 8 nitrogen and oxygen atoms in total. The molecule has 2 saturated heterocycles. The van der Waals surface area contributed by atoms with E-state index in [0.717, 1.165) is 32.5 Å². The number of benzene rings is 1. The fourth-order valence-electron chi connectivity index (χ4n) is 3.71. The third-order valence-corrected chi connectivity index (χ3v) is 5.27. The van der Waals surface area contributed by atoms with Crippen LogP contribution in [0.1, 0.15) is 19.8 Å². The van der Waals surface area contributed by atoms with Crippen molar-refractivity contribution in [2.75, 3.05) is 56.2 Å². The Morgan fingerprint density at radius 2 is 2.10 bits per heavy atom. The Labute approximate surface area is 170 Å². The van der Waals surface area contributed by atoms with Crippen molar-refractivity contribution >= 4 is 23.4 Å². The van der Waals surface area contributed by atoms with E-state index >= 15 is 0 Å². The van der Waals surface area contributed by atoms with Crippen molar-refractivity contribution in [1.29, 1.82) is 0 Å². The topological polar surface area (TPSA) is 83.1 Å². The van der Waals surface area contributed by atoms with Gasteiger partial charge in [0.1, 0.15) is 11.9 Å². The van der Waals surface area contributed by atoms with Crippen molar-refractivity contribution in [3.63, 3.8) is 0 Å². The first-order valence-corrected chi connectivity index (χ1v) is 9.97. The van der Waals surface area contributed by atoms with E-state index in [9.17, 15) is 14.0 Å². The van der Waals surface area contributed by atoms with Crippen molar-refractivity contribution in [3.05, 3.63) is 24.0 Å². The summed E-state index contributed by atoms with van der Waals surface area (Å²) in [4.78, 5) is 26.6. The van der Waals surface area contributed by atoms with Crippen molar-refractivity contribution in [2.24, 2.45) is 0 Å². The van der Waals surface area contributed by atoms with Gasteiger partial charge in [-0.1, -0.05) is 0 Å². The average molecular weight is 408 g/mol. The quantitative estimate of drug-likeness (QED) is 0.635. The summed E-state index contributed by atoms with van der Waals surface area (Å²) in [6, 6.07) is 5.25. The van der Waals surface area contributed by atoms with Gasteiger partial charge in [0.05, 0.1) is 31.1 Å². The maximum absolute atomic E-state index is 14.8. The molecule has 29 heavy (non-hydrogen) atoms. The molecule has 1 atom stereocenters. The average Bonchev–Trinajstić information content (AvgIpc) is 3.08. The standard InChI is InChI=1S/C20H29FN4O4/c1-14(26)23-12-17-13-25(20(27)29-17)16-3-4-19(18(21)11-16)24-8-5-15(6-9-24)22-7-10-28-2/h3-4,11,15,17,22H,5-10,12-13H2,1-2H3,(H,23,26). The minimum Gasteiger partial charge on any atom is -0.442 e. The number of nitrogens with zero attached hydrogens (tertiary/aromatic N) is 2. The fourth-order valence-corrected chi connectivity index (χ4v) is 3.71. The van der Waals surface area contributed by atoms with Crippen LogP contribution in [0.15, 0.2) is 18.2 Å². The second-order valence-electron chi connectivity index (χ2n) is 7.40. The van der Waals surface area contributed by atoms with Gasteiger partial charge in [-0.15, -0.1) is 0 Å². The van der Waals surface area contributed by atoms with E-state index in [0.29, 0.717) is 24.0 Å². The summed E-state index contributed by atoms with van der Waals surface area (Å²) in [7, 11) is 1.68. The van der Waals surface area contributed by atoms with Gasteiger partial charge in [0.15, 0.2) is 0 Å². The highest BCUT2D eigenvalue weighted by Crippen LogP contribution is 2.29. The highest BCUT2D eigenvalue weighted by Gasteiger charge is 2.33. The summed E-state index contributed by atoms with van der Waals surface area (Å²) in [5.74, 6) is -0.543. The molecular formula is C20H29FN4O4. The maximum Gasteiger partial charge on any atom is 0.414 e. The summed E-state index contributed by atoms with van der Waals surface area (Å²) in [5.41, 5.74) is 1.00. The number of rotatable bonds is 8. The van der Waals surface area contributed by atoms with Crippen molar-refractivity contribution in [3.8, 4) is 0 Å². The van der Waals surface area contributed by atoms with E-state index < -0.39 is 12.2 Å². The van der Waals surface area contributed by atoms with Crippen LogP contribution in [-0.2, 0) is 14.3 Å². The van der Waals surface area contributed by atoms with Gasteiger partial charge in [0, 0.05) is 39.7 Å². The third kappa shape index (κ3) is 5.57. The third-order valence-electron chi connectivity index (χ3n) is 5.27. The fraction of sp³-hybridized carbons (Fsp3) is 0.600. The lowest BCUT2D eigenvalue weighted by Crippen LogP contribution is -2.43. The lowest BCUT2D eigenvalue weighted by Gasteiger charge is -2.34. The number of ether oxygens (including phenoxy) is 2. The van der Waals surface area contributed by atoms with Gasteiger partial charge < -0.3 is 25.0 Å². The SMILES string of the molecule is COCCNC1CCN(c2ccc(N3CC(CNC(C)=O)OC3=O)cc2F)CC1. The van der Waals surface area contributed by atoms with E-state index in [2.05, 4.69) is 10.6 Å². The van der Waals surface area contributed by atoms with Crippen LogP contribution in [0.2, 0.25) is 0 Å². The molecule has 2 fully saturated rings. The zero-order chi connectivity index (χ0) is 20.8. The number of carbonyl (C=O) groups is 2. The summed E-state index contributed by atoms with van der Waals surface area (Å²) in [6.45, 7) is 4.96. The van der Waals surface area contributed by atoms with Gasteiger partial charge in [0.2, 0.25) is 5.91 Å². The Balaban J connectivity index is 1.57. The van der Waals surface area contributed by atoms with Crippen LogP contribution >= 0.6 is 0 Å². The summed E-state index contributed by atoms with van der Waals surface area (Å²) in [6.07, 6.45) is 0.900. The Morgan fingerprint density at radius 1 is 1.34 bits per heavy atom. The Morgan fingerprint density at radius 3 is 2.76 bits per heavy atom. The molecule has 160 valence electrons. The summed E-state index contributed by atoms with van der Waals surface area (Å²) < 4.78 is 25.1. The van der Waals surface area contributed by atoms with Crippen molar-refractivity contribution < 1.29 is 23.5 Å². The molecule has 2 aliphatic heterocycles. The van der Waals surface area contributed by atoms with Crippen LogP contribution in [-0.4, -0.2) is 70.6 Å². The number of cyclic esters (lactones) is 1. The Bertz CT molecular complexity index is 724. The van der Waals surface area contributed by atoms with Crippen molar-refractivity contribution in [2.45, 2.75) is 31.9 Å². The summed E-state index contributed by atoms with van der Waals surface area (Å²) in [5, 5.41) is 6.08. The largest absolute Gasteiger partial charge is 0.442 e. The van der Waals surface area contributed by atoms with E-state index in [-0.39, 0.29) is 24.8 Å². The number of methoxy groups -OCH3 is 1. The molecule has 0 bridgehead atoms. The zero-order valence-electron chi connectivity index (χ0n) is 16.9. The van der Waals surface area contributed by atoms with Crippen LogP contribution < -0.4 is 20.4 Å². The molecule has 0 spiro atoms. The minimum atomic E-state index is -0.532. The molecule has 0 aromatic heterocycles. The molecule has 2 heterocycles. The molecule has 2 aliphatic rings. The van der Waals surface area contributed by atoms with Crippen LogP contribution in [0.3, 0.4) is 0 Å². The van der Waals surface area contributed by atoms with E-state index in [4.69, 9.17) is 9.47 Å². The molecule has 2 amide bonds. The van der Waals surface area contributed by atoms with Gasteiger partial charge in [-0.05, 0) is 31.0 Å². The van der Waals surface area contributed by atoms with Gasteiger partial charge in [-0.2, -0.15) is 0 Å².